The molecule has 6 heteroatoms. The van der Waals surface area contributed by atoms with Gasteiger partial charge in [0.25, 0.3) is 0 Å². The van der Waals surface area contributed by atoms with Gasteiger partial charge in [-0.1, -0.05) is 18.5 Å². The summed E-state index contributed by atoms with van der Waals surface area (Å²) in [5.74, 6) is 0.444. The minimum absolute atomic E-state index is 0.444. The zero-order valence-electron chi connectivity index (χ0n) is 10.8. The summed E-state index contributed by atoms with van der Waals surface area (Å²) in [4.78, 5) is 4.35. The smallest absolute Gasteiger partial charge is 0.206 e. The van der Waals surface area contributed by atoms with Crippen molar-refractivity contribution in [3.8, 4) is 5.69 Å². The van der Waals surface area contributed by atoms with Crippen LogP contribution in [0.15, 0.2) is 24.4 Å². The zero-order valence-corrected chi connectivity index (χ0v) is 11.5. The second kappa shape index (κ2) is 4.28. The van der Waals surface area contributed by atoms with E-state index in [2.05, 4.69) is 17.0 Å². The quantitative estimate of drug-likeness (QED) is 0.782. The highest BCUT2D eigenvalue weighted by atomic mass is 35.5. The topological polar surface area (TPSA) is 61.7 Å². The first kappa shape index (κ1) is 12.0. The maximum atomic E-state index is 6.04. The summed E-state index contributed by atoms with van der Waals surface area (Å²) in [6.45, 7) is 2.07. The van der Waals surface area contributed by atoms with Crippen LogP contribution < -0.4 is 5.73 Å². The third kappa shape index (κ3) is 1.86. The predicted octanol–water partition coefficient (Wildman–Crippen LogP) is 2.56. The molecular formula is C13H14ClN5. The Kier molecular flexibility index (Phi) is 2.71. The molecule has 2 N–H and O–H groups in total. The van der Waals surface area contributed by atoms with Crippen LogP contribution in [0.3, 0.4) is 0 Å². The van der Waals surface area contributed by atoms with Gasteiger partial charge in [0, 0.05) is 18.3 Å². The average molecular weight is 276 g/mol. The molecule has 3 rings (SSSR count). The third-order valence-electron chi connectivity index (χ3n) is 3.10. The van der Waals surface area contributed by atoms with E-state index in [0.717, 1.165) is 28.8 Å². The van der Waals surface area contributed by atoms with Gasteiger partial charge in [0.2, 0.25) is 5.95 Å². The molecule has 0 unspecified atom stereocenters. The van der Waals surface area contributed by atoms with Crippen LogP contribution in [0.1, 0.15) is 12.6 Å². The van der Waals surface area contributed by atoms with Crippen LogP contribution in [0, 0.1) is 0 Å². The van der Waals surface area contributed by atoms with Crippen molar-refractivity contribution in [1.29, 1.82) is 0 Å². The minimum atomic E-state index is 0.444. The fraction of sp³-hybridized carbons (Fsp3) is 0.231. The van der Waals surface area contributed by atoms with E-state index in [9.17, 15) is 0 Å². The molecule has 98 valence electrons. The lowest BCUT2D eigenvalue weighted by atomic mass is 10.2. The average Bonchev–Trinajstić information content (AvgIpc) is 2.87. The van der Waals surface area contributed by atoms with E-state index in [1.54, 1.807) is 4.68 Å². The molecule has 2 heterocycles. The van der Waals surface area contributed by atoms with E-state index in [1.165, 1.54) is 0 Å². The Morgan fingerprint density at radius 1 is 1.37 bits per heavy atom. The van der Waals surface area contributed by atoms with Gasteiger partial charge in [0.1, 0.15) is 0 Å². The molecule has 0 aliphatic heterocycles. The number of aryl methyl sites for hydroxylation is 2. The van der Waals surface area contributed by atoms with E-state index in [0.29, 0.717) is 11.0 Å². The maximum Gasteiger partial charge on any atom is 0.206 e. The summed E-state index contributed by atoms with van der Waals surface area (Å²) in [5.41, 5.74) is 9.72. The van der Waals surface area contributed by atoms with Crippen LogP contribution in [0.4, 0.5) is 5.95 Å². The van der Waals surface area contributed by atoms with Crippen LogP contribution in [-0.2, 0) is 13.5 Å². The van der Waals surface area contributed by atoms with Crippen molar-refractivity contribution >= 4 is 28.6 Å². The molecule has 0 fully saturated rings. The van der Waals surface area contributed by atoms with Crippen molar-refractivity contribution in [2.75, 3.05) is 5.73 Å². The highest BCUT2D eigenvalue weighted by molar-refractivity contribution is 6.31. The van der Waals surface area contributed by atoms with Crippen LogP contribution in [0.25, 0.3) is 16.7 Å². The number of rotatable bonds is 2. The summed E-state index contributed by atoms with van der Waals surface area (Å²) in [6, 6.07) is 5.57. The Bertz CT molecular complexity index is 756. The molecular weight excluding hydrogens is 262 g/mol. The molecule has 0 aliphatic carbocycles. The lowest BCUT2D eigenvalue weighted by Crippen LogP contribution is -2.02. The Morgan fingerprint density at radius 3 is 2.89 bits per heavy atom. The van der Waals surface area contributed by atoms with Crippen LogP contribution in [0.5, 0.6) is 0 Å². The van der Waals surface area contributed by atoms with Crippen molar-refractivity contribution < 1.29 is 0 Å². The van der Waals surface area contributed by atoms with E-state index in [4.69, 9.17) is 17.3 Å². The Labute approximate surface area is 115 Å². The van der Waals surface area contributed by atoms with Crippen molar-refractivity contribution in [2.45, 2.75) is 13.3 Å². The number of nitrogens with zero attached hydrogens (tertiary/aromatic N) is 4. The number of nitrogens with two attached hydrogens (primary N) is 1. The number of fused-ring (bicyclic) bond motifs is 1. The first-order chi connectivity index (χ1) is 9.10. The van der Waals surface area contributed by atoms with Crippen molar-refractivity contribution in [3.63, 3.8) is 0 Å². The second-order valence-corrected chi connectivity index (χ2v) is 4.86. The number of hydrogen-bond acceptors (Lipinski definition) is 3. The monoisotopic (exact) mass is 275 g/mol. The van der Waals surface area contributed by atoms with Gasteiger partial charge in [0.05, 0.1) is 22.4 Å². The molecule has 0 radical (unpaired) electrons. The summed E-state index contributed by atoms with van der Waals surface area (Å²) in [7, 11) is 1.90. The van der Waals surface area contributed by atoms with E-state index in [-0.39, 0.29) is 0 Å². The first-order valence-electron chi connectivity index (χ1n) is 6.06. The molecule has 5 nitrogen and oxygen atoms in total. The molecule has 0 aliphatic rings. The standard InChI is InChI=1S/C13H14ClN5/c1-3-9-12(7-18(2)17-9)19-11-5-4-8(14)6-10(11)16-13(19)15/h4-7H,3H2,1-2H3,(H2,15,16). The summed E-state index contributed by atoms with van der Waals surface area (Å²) < 4.78 is 3.70. The van der Waals surface area contributed by atoms with Crippen LogP contribution in [-0.4, -0.2) is 19.3 Å². The van der Waals surface area contributed by atoms with Gasteiger partial charge < -0.3 is 5.73 Å². The molecule has 3 aromatic rings. The van der Waals surface area contributed by atoms with Crippen molar-refractivity contribution in [3.05, 3.63) is 35.1 Å². The SMILES string of the molecule is CCc1nn(C)cc1-n1c(N)nc2cc(Cl)ccc21. The molecule has 2 aromatic heterocycles. The van der Waals surface area contributed by atoms with Gasteiger partial charge in [-0.15, -0.1) is 0 Å². The Balaban J connectivity index is 2.32. The summed E-state index contributed by atoms with van der Waals surface area (Å²) in [6.07, 6.45) is 2.79. The lowest BCUT2D eigenvalue weighted by Gasteiger charge is -2.05. The molecule has 0 bridgehead atoms. The highest BCUT2D eigenvalue weighted by Crippen LogP contribution is 2.26. The third-order valence-corrected chi connectivity index (χ3v) is 3.34. The predicted molar refractivity (Wildman–Crippen MR) is 76.6 cm³/mol. The van der Waals surface area contributed by atoms with Crippen molar-refractivity contribution in [1.82, 2.24) is 19.3 Å². The minimum Gasteiger partial charge on any atom is -0.369 e. The summed E-state index contributed by atoms with van der Waals surface area (Å²) >= 11 is 5.98. The van der Waals surface area contributed by atoms with Gasteiger partial charge in [-0.05, 0) is 24.6 Å². The van der Waals surface area contributed by atoms with Gasteiger partial charge >= 0.3 is 0 Å². The number of nitrogen functional groups attached to an aromatic ring is 1. The number of benzene rings is 1. The Hall–Kier alpha value is -2.01. The largest absolute Gasteiger partial charge is 0.369 e. The van der Waals surface area contributed by atoms with Crippen molar-refractivity contribution in [2.24, 2.45) is 7.05 Å². The van der Waals surface area contributed by atoms with Gasteiger partial charge in [-0.2, -0.15) is 5.10 Å². The van der Waals surface area contributed by atoms with Crippen LogP contribution >= 0.6 is 11.6 Å². The number of anilines is 1. The van der Waals surface area contributed by atoms with Crippen LogP contribution in [0.2, 0.25) is 5.02 Å². The maximum absolute atomic E-state index is 6.04. The van der Waals surface area contributed by atoms with E-state index >= 15 is 0 Å². The summed E-state index contributed by atoms with van der Waals surface area (Å²) in [5, 5.41) is 5.09. The molecule has 19 heavy (non-hydrogen) atoms. The molecule has 0 spiro atoms. The number of imidazole rings is 1. The van der Waals surface area contributed by atoms with Gasteiger partial charge in [-0.25, -0.2) is 4.98 Å². The van der Waals surface area contributed by atoms with Gasteiger partial charge in [-0.3, -0.25) is 9.25 Å². The fourth-order valence-corrected chi connectivity index (χ4v) is 2.45. The number of hydrogen-bond donors (Lipinski definition) is 1. The molecule has 1 aromatic carbocycles. The normalized spacial score (nSPS) is 11.3. The number of aromatic nitrogens is 4. The molecule has 0 saturated heterocycles. The second-order valence-electron chi connectivity index (χ2n) is 4.43. The van der Waals surface area contributed by atoms with Gasteiger partial charge in [0.15, 0.2) is 0 Å². The highest BCUT2D eigenvalue weighted by Gasteiger charge is 2.15. The first-order valence-corrected chi connectivity index (χ1v) is 6.44. The van der Waals surface area contributed by atoms with E-state index < -0.39 is 0 Å². The molecule has 0 saturated carbocycles. The number of halogens is 1. The fourth-order valence-electron chi connectivity index (χ4n) is 2.29. The lowest BCUT2D eigenvalue weighted by molar-refractivity contribution is 0.746. The zero-order chi connectivity index (χ0) is 13.6. The molecule has 0 atom stereocenters. The van der Waals surface area contributed by atoms with E-state index in [1.807, 2.05) is 36.0 Å². The Morgan fingerprint density at radius 2 is 2.16 bits per heavy atom. The molecule has 0 amide bonds.